The van der Waals surface area contributed by atoms with Crippen molar-refractivity contribution in [3.05, 3.63) is 54.6 Å². The first-order valence-corrected chi connectivity index (χ1v) is 10.5. The highest BCUT2D eigenvalue weighted by Gasteiger charge is 2.25. The van der Waals surface area contributed by atoms with Crippen molar-refractivity contribution >= 4 is 47.2 Å². The van der Waals surface area contributed by atoms with Gasteiger partial charge in [0, 0.05) is 45.0 Å². The van der Waals surface area contributed by atoms with Crippen LogP contribution in [0.4, 0.5) is 11.4 Å². The van der Waals surface area contributed by atoms with Crippen LogP contribution in [-0.4, -0.2) is 57.7 Å². The van der Waals surface area contributed by atoms with Crippen LogP contribution >= 0.6 is 24.0 Å². The summed E-state index contributed by atoms with van der Waals surface area (Å²) in [5.41, 5.74) is 2.11. The van der Waals surface area contributed by atoms with E-state index in [-0.39, 0.29) is 36.5 Å². The lowest BCUT2D eigenvalue weighted by Gasteiger charge is -2.29. The van der Waals surface area contributed by atoms with E-state index < -0.39 is 0 Å². The second-order valence-corrected chi connectivity index (χ2v) is 7.57. The summed E-state index contributed by atoms with van der Waals surface area (Å²) in [6.07, 6.45) is 1.90. The summed E-state index contributed by atoms with van der Waals surface area (Å²) in [5.74, 6) is 1.58. The molecule has 1 saturated heterocycles. The number of ether oxygens (including phenoxy) is 1. The van der Waals surface area contributed by atoms with E-state index in [0.29, 0.717) is 12.6 Å². The number of rotatable bonds is 6. The van der Waals surface area contributed by atoms with Gasteiger partial charge >= 0.3 is 0 Å². The number of carbonyl (C=O) groups is 1. The SMILES string of the molecule is CN=C(NCCCN1C(=O)COc2ccccc21)NC1CCN(c2ccccc2)C1.I. The molecular weight excluding hydrogens is 505 g/mol. The number of amides is 1. The van der Waals surface area contributed by atoms with Crippen molar-refractivity contribution in [2.75, 3.05) is 49.6 Å². The molecule has 2 aromatic carbocycles. The van der Waals surface area contributed by atoms with Gasteiger partial charge in [-0.3, -0.25) is 9.79 Å². The number of carbonyl (C=O) groups excluding carboxylic acids is 1. The van der Waals surface area contributed by atoms with E-state index in [2.05, 4.69) is 44.8 Å². The van der Waals surface area contributed by atoms with Crippen molar-refractivity contribution in [3.63, 3.8) is 0 Å². The topological polar surface area (TPSA) is 69.2 Å². The molecule has 31 heavy (non-hydrogen) atoms. The minimum Gasteiger partial charge on any atom is -0.482 e. The van der Waals surface area contributed by atoms with Crippen molar-refractivity contribution in [3.8, 4) is 5.75 Å². The van der Waals surface area contributed by atoms with Crippen LogP contribution in [0.2, 0.25) is 0 Å². The molecule has 0 saturated carbocycles. The molecule has 2 aliphatic rings. The standard InChI is InChI=1S/C23H29N5O2.HI/c1-24-23(26-18-12-15-27(16-18)19-8-3-2-4-9-19)25-13-7-14-28-20-10-5-6-11-21(20)30-17-22(28)29;/h2-6,8-11,18H,7,12-17H2,1H3,(H2,24,25,26);1H. The van der Waals surface area contributed by atoms with E-state index >= 15 is 0 Å². The number of hydrogen-bond donors (Lipinski definition) is 2. The van der Waals surface area contributed by atoms with Crippen LogP contribution in [0.25, 0.3) is 0 Å². The first-order chi connectivity index (χ1) is 14.7. The highest BCUT2D eigenvalue weighted by atomic mass is 127. The molecule has 0 aliphatic carbocycles. The van der Waals surface area contributed by atoms with E-state index in [0.717, 1.165) is 49.9 Å². The number of nitrogens with zero attached hydrogens (tertiary/aromatic N) is 3. The lowest BCUT2D eigenvalue weighted by Crippen LogP contribution is -2.45. The normalized spacial score (nSPS) is 18.2. The summed E-state index contributed by atoms with van der Waals surface area (Å²) >= 11 is 0. The summed E-state index contributed by atoms with van der Waals surface area (Å²) in [5, 5.41) is 6.91. The highest BCUT2D eigenvalue weighted by molar-refractivity contribution is 14.0. The van der Waals surface area contributed by atoms with Crippen molar-refractivity contribution in [2.45, 2.75) is 18.9 Å². The van der Waals surface area contributed by atoms with Crippen molar-refractivity contribution in [1.29, 1.82) is 0 Å². The summed E-state index contributed by atoms with van der Waals surface area (Å²) in [6.45, 7) is 3.49. The number of halogens is 1. The Morgan fingerprint density at radius 2 is 1.94 bits per heavy atom. The molecule has 2 heterocycles. The Bertz CT molecular complexity index is 893. The minimum atomic E-state index is 0. The molecule has 1 unspecified atom stereocenters. The lowest BCUT2D eigenvalue weighted by atomic mass is 10.2. The Labute approximate surface area is 200 Å². The maximum Gasteiger partial charge on any atom is 0.265 e. The number of aliphatic imine (C=N–C) groups is 1. The van der Waals surface area contributed by atoms with Crippen LogP contribution in [0.3, 0.4) is 0 Å². The zero-order valence-electron chi connectivity index (χ0n) is 17.8. The van der Waals surface area contributed by atoms with Gasteiger partial charge in [0.15, 0.2) is 12.6 Å². The van der Waals surface area contributed by atoms with Gasteiger partial charge in [-0.15, -0.1) is 24.0 Å². The molecule has 2 aliphatic heterocycles. The summed E-state index contributed by atoms with van der Waals surface area (Å²) in [7, 11) is 1.79. The van der Waals surface area contributed by atoms with E-state index in [9.17, 15) is 4.79 Å². The monoisotopic (exact) mass is 535 g/mol. The molecule has 0 bridgehead atoms. The van der Waals surface area contributed by atoms with Gasteiger partial charge in [-0.25, -0.2) is 0 Å². The Hall–Kier alpha value is -2.49. The molecular formula is C23H30IN5O2. The quantitative estimate of drug-likeness (QED) is 0.258. The molecule has 1 fully saturated rings. The van der Waals surface area contributed by atoms with Gasteiger partial charge in [-0.1, -0.05) is 30.3 Å². The molecule has 0 aromatic heterocycles. The van der Waals surface area contributed by atoms with Gasteiger partial charge in [0.05, 0.1) is 5.69 Å². The molecule has 166 valence electrons. The molecule has 2 N–H and O–H groups in total. The van der Waals surface area contributed by atoms with Crippen LogP contribution in [0, 0.1) is 0 Å². The van der Waals surface area contributed by atoms with Gasteiger partial charge in [0.25, 0.3) is 5.91 Å². The number of fused-ring (bicyclic) bond motifs is 1. The Morgan fingerprint density at radius 1 is 1.16 bits per heavy atom. The predicted molar refractivity (Wildman–Crippen MR) is 136 cm³/mol. The van der Waals surface area contributed by atoms with Gasteiger partial charge < -0.3 is 25.2 Å². The third-order valence-corrected chi connectivity index (χ3v) is 5.53. The lowest BCUT2D eigenvalue weighted by molar-refractivity contribution is -0.121. The van der Waals surface area contributed by atoms with E-state index in [1.54, 1.807) is 7.05 Å². The fourth-order valence-corrected chi connectivity index (χ4v) is 3.98. The van der Waals surface area contributed by atoms with Crippen molar-refractivity contribution in [1.82, 2.24) is 10.6 Å². The van der Waals surface area contributed by atoms with Crippen molar-refractivity contribution < 1.29 is 9.53 Å². The third-order valence-electron chi connectivity index (χ3n) is 5.53. The molecule has 7 nitrogen and oxygen atoms in total. The van der Waals surface area contributed by atoms with Crippen LogP contribution in [-0.2, 0) is 4.79 Å². The van der Waals surface area contributed by atoms with Gasteiger partial charge in [0.2, 0.25) is 0 Å². The fourth-order valence-electron chi connectivity index (χ4n) is 3.98. The smallest absolute Gasteiger partial charge is 0.265 e. The van der Waals surface area contributed by atoms with Crippen molar-refractivity contribution in [2.24, 2.45) is 4.99 Å². The number of guanidine groups is 1. The van der Waals surface area contributed by atoms with E-state index in [4.69, 9.17) is 4.74 Å². The zero-order valence-corrected chi connectivity index (χ0v) is 20.1. The summed E-state index contributed by atoms with van der Waals surface area (Å²) in [6, 6.07) is 18.6. The van der Waals surface area contributed by atoms with E-state index in [1.165, 1.54) is 5.69 Å². The van der Waals surface area contributed by atoms with Gasteiger partial charge in [-0.05, 0) is 37.1 Å². The third kappa shape index (κ3) is 5.81. The molecule has 4 rings (SSSR count). The number of anilines is 2. The molecule has 0 spiro atoms. The van der Waals surface area contributed by atoms with E-state index in [1.807, 2.05) is 35.2 Å². The number of para-hydroxylation sites is 3. The summed E-state index contributed by atoms with van der Waals surface area (Å²) in [4.78, 5) is 20.8. The fraction of sp³-hybridized carbons (Fsp3) is 0.391. The average Bonchev–Trinajstić information content (AvgIpc) is 3.26. The van der Waals surface area contributed by atoms with Gasteiger partial charge in [-0.2, -0.15) is 0 Å². The number of hydrogen-bond acceptors (Lipinski definition) is 4. The predicted octanol–water partition coefficient (Wildman–Crippen LogP) is 2.86. The Balaban J connectivity index is 0.00000272. The molecule has 0 radical (unpaired) electrons. The molecule has 1 amide bonds. The van der Waals surface area contributed by atoms with Crippen LogP contribution in [0.5, 0.6) is 5.75 Å². The van der Waals surface area contributed by atoms with Crippen LogP contribution < -0.4 is 25.2 Å². The maximum atomic E-state index is 12.3. The first-order valence-electron chi connectivity index (χ1n) is 10.5. The zero-order chi connectivity index (χ0) is 20.8. The molecule has 8 heteroatoms. The maximum absolute atomic E-state index is 12.3. The first kappa shape index (κ1) is 23.2. The average molecular weight is 535 g/mol. The number of benzene rings is 2. The molecule has 2 aromatic rings. The largest absolute Gasteiger partial charge is 0.482 e. The Morgan fingerprint density at radius 3 is 2.74 bits per heavy atom. The van der Waals surface area contributed by atoms with Gasteiger partial charge in [0.1, 0.15) is 5.75 Å². The summed E-state index contributed by atoms with van der Waals surface area (Å²) < 4.78 is 5.50. The Kier molecular flexibility index (Phi) is 8.39. The second kappa shape index (κ2) is 11.2. The van der Waals surface area contributed by atoms with Crippen LogP contribution in [0.1, 0.15) is 12.8 Å². The molecule has 1 atom stereocenters. The van der Waals surface area contributed by atoms with Crippen LogP contribution in [0.15, 0.2) is 59.6 Å². The minimum absolute atomic E-state index is 0. The second-order valence-electron chi connectivity index (χ2n) is 7.57. The highest BCUT2D eigenvalue weighted by Crippen LogP contribution is 2.31. The number of nitrogens with one attached hydrogen (secondary N) is 2.